The van der Waals surface area contributed by atoms with Crippen LogP contribution in [0.2, 0.25) is 5.02 Å². The van der Waals surface area contributed by atoms with E-state index in [4.69, 9.17) is 16.6 Å². The zero-order valence-electron chi connectivity index (χ0n) is 17.5. The number of halogens is 1. The Morgan fingerprint density at radius 3 is 2.33 bits per heavy atom. The van der Waals surface area contributed by atoms with Crippen LogP contribution in [0.1, 0.15) is 44.0 Å². The van der Waals surface area contributed by atoms with Crippen molar-refractivity contribution in [2.45, 2.75) is 46.0 Å². The van der Waals surface area contributed by atoms with Crippen molar-refractivity contribution in [2.75, 3.05) is 11.9 Å². The summed E-state index contributed by atoms with van der Waals surface area (Å²) in [5, 5.41) is 7.55. The number of benzene rings is 2. The van der Waals surface area contributed by atoms with E-state index >= 15 is 0 Å². The summed E-state index contributed by atoms with van der Waals surface area (Å²) in [4.78, 5) is 17.9. The fraction of sp³-hybridized carbons (Fsp3) is 0.333. The van der Waals surface area contributed by atoms with E-state index in [9.17, 15) is 4.79 Å². The smallest absolute Gasteiger partial charge is 0.319 e. The number of thiazole rings is 1. The summed E-state index contributed by atoms with van der Waals surface area (Å²) in [6, 6.07) is 15.5. The van der Waals surface area contributed by atoms with E-state index in [0.29, 0.717) is 11.6 Å². The average molecular weight is 442 g/mol. The number of hydrogen-bond acceptors (Lipinski definition) is 3. The zero-order valence-corrected chi connectivity index (χ0v) is 19.1. The highest BCUT2D eigenvalue weighted by Crippen LogP contribution is 2.37. The second-order valence-corrected chi connectivity index (χ2v) is 8.93. The molecule has 0 aliphatic rings. The second kappa shape index (κ2) is 11.1. The van der Waals surface area contributed by atoms with Gasteiger partial charge in [-0.25, -0.2) is 9.78 Å². The lowest BCUT2D eigenvalue weighted by Gasteiger charge is -2.09. The van der Waals surface area contributed by atoms with Gasteiger partial charge >= 0.3 is 6.03 Å². The number of carbonyl (C=O) groups excluding carboxylic acids is 1. The number of aromatic nitrogens is 1. The predicted molar refractivity (Wildman–Crippen MR) is 129 cm³/mol. The molecule has 0 saturated carbocycles. The first-order chi connectivity index (χ1) is 14.6. The Hall–Kier alpha value is -2.37. The standard InChI is InChI=1S/C24H28ClN3OS/c1-3-4-5-6-7-16-26-24(29)28-21-14-10-19(11-15-21)23-22(27-17(2)30-23)18-8-12-20(25)13-9-18/h8-15H,3-7,16H2,1-2H3,(H2,26,28,29). The highest BCUT2D eigenvalue weighted by molar-refractivity contribution is 7.15. The summed E-state index contributed by atoms with van der Waals surface area (Å²) in [6.45, 7) is 4.92. The normalized spacial score (nSPS) is 10.8. The van der Waals surface area contributed by atoms with Crippen LogP contribution in [0.25, 0.3) is 21.7 Å². The van der Waals surface area contributed by atoms with Gasteiger partial charge in [-0.15, -0.1) is 11.3 Å². The van der Waals surface area contributed by atoms with E-state index in [-0.39, 0.29) is 6.03 Å². The molecule has 1 heterocycles. The van der Waals surface area contributed by atoms with E-state index in [1.165, 1.54) is 19.3 Å². The number of unbranched alkanes of at least 4 members (excludes halogenated alkanes) is 4. The Balaban J connectivity index is 1.61. The summed E-state index contributed by atoms with van der Waals surface area (Å²) < 4.78 is 0. The molecule has 0 fully saturated rings. The van der Waals surface area contributed by atoms with Gasteiger partial charge < -0.3 is 10.6 Å². The van der Waals surface area contributed by atoms with Gasteiger partial charge in [0, 0.05) is 22.8 Å². The minimum Gasteiger partial charge on any atom is -0.338 e. The Morgan fingerprint density at radius 2 is 1.63 bits per heavy atom. The van der Waals surface area contributed by atoms with Crippen LogP contribution in [-0.4, -0.2) is 17.6 Å². The van der Waals surface area contributed by atoms with Gasteiger partial charge in [0.05, 0.1) is 15.6 Å². The lowest BCUT2D eigenvalue weighted by atomic mass is 10.1. The van der Waals surface area contributed by atoms with Crippen molar-refractivity contribution in [1.29, 1.82) is 0 Å². The van der Waals surface area contributed by atoms with Gasteiger partial charge in [0.15, 0.2) is 0 Å². The van der Waals surface area contributed by atoms with Gasteiger partial charge in [-0.2, -0.15) is 0 Å². The predicted octanol–water partition coefficient (Wildman–Crippen LogP) is 7.53. The first-order valence-corrected chi connectivity index (χ1v) is 11.6. The van der Waals surface area contributed by atoms with Crippen molar-refractivity contribution in [3.63, 3.8) is 0 Å². The van der Waals surface area contributed by atoms with Crippen LogP contribution in [0.5, 0.6) is 0 Å². The molecule has 0 radical (unpaired) electrons. The van der Waals surface area contributed by atoms with Crippen molar-refractivity contribution < 1.29 is 4.79 Å². The molecular weight excluding hydrogens is 414 g/mol. The van der Waals surface area contributed by atoms with E-state index < -0.39 is 0 Å². The number of nitrogens with zero attached hydrogens (tertiary/aromatic N) is 1. The molecule has 0 atom stereocenters. The number of aryl methyl sites for hydroxylation is 1. The number of amides is 2. The quantitative estimate of drug-likeness (QED) is 0.337. The maximum Gasteiger partial charge on any atom is 0.319 e. The zero-order chi connectivity index (χ0) is 21.3. The van der Waals surface area contributed by atoms with Crippen molar-refractivity contribution >= 4 is 34.7 Å². The molecular formula is C24H28ClN3OS. The fourth-order valence-corrected chi connectivity index (χ4v) is 4.31. The van der Waals surface area contributed by atoms with Gasteiger partial charge in [-0.1, -0.05) is 68.5 Å². The van der Waals surface area contributed by atoms with Crippen LogP contribution in [-0.2, 0) is 0 Å². The van der Waals surface area contributed by atoms with Crippen molar-refractivity contribution in [2.24, 2.45) is 0 Å². The summed E-state index contributed by atoms with van der Waals surface area (Å²) >= 11 is 7.68. The third kappa shape index (κ3) is 6.31. The number of nitrogens with one attached hydrogen (secondary N) is 2. The molecule has 30 heavy (non-hydrogen) atoms. The van der Waals surface area contributed by atoms with Gasteiger partial charge in [-0.3, -0.25) is 0 Å². The van der Waals surface area contributed by atoms with Gasteiger partial charge in [0.2, 0.25) is 0 Å². The Morgan fingerprint density at radius 1 is 0.967 bits per heavy atom. The maximum atomic E-state index is 12.1. The van der Waals surface area contributed by atoms with Gasteiger partial charge in [0.1, 0.15) is 0 Å². The number of hydrogen-bond donors (Lipinski definition) is 2. The van der Waals surface area contributed by atoms with E-state index in [0.717, 1.165) is 45.2 Å². The van der Waals surface area contributed by atoms with Crippen LogP contribution >= 0.6 is 22.9 Å². The second-order valence-electron chi connectivity index (χ2n) is 7.29. The first kappa shape index (κ1) is 22.3. The van der Waals surface area contributed by atoms with Crippen LogP contribution in [0.15, 0.2) is 48.5 Å². The Labute approximate surface area is 187 Å². The molecule has 158 valence electrons. The molecule has 0 bridgehead atoms. The van der Waals surface area contributed by atoms with E-state index in [1.54, 1.807) is 11.3 Å². The van der Waals surface area contributed by atoms with Gasteiger partial charge in [0.25, 0.3) is 0 Å². The molecule has 2 N–H and O–H groups in total. The van der Waals surface area contributed by atoms with Crippen LogP contribution in [0.3, 0.4) is 0 Å². The molecule has 6 heteroatoms. The molecule has 0 spiro atoms. The minimum absolute atomic E-state index is 0.159. The number of urea groups is 1. The van der Waals surface area contributed by atoms with Crippen LogP contribution < -0.4 is 10.6 Å². The molecule has 0 saturated heterocycles. The molecule has 0 unspecified atom stereocenters. The molecule has 3 rings (SSSR count). The molecule has 3 aromatic rings. The van der Waals surface area contributed by atoms with E-state index in [1.807, 2.05) is 55.5 Å². The SMILES string of the molecule is CCCCCCCNC(=O)Nc1ccc(-c2sc(C)nc2-c2ccc(Cl)cc2)cc1. The summed E-state index contributed by atoms with van der Waals surface area (Å²) in [5.41, 5.74) is 3.85. The third-order valence-electron chi connectivity index (χ3n) is 4.82. The average Bonchev–Trinajstić information content (AvgIpc) is 3.13. The van der Waals surface area contributed by atoms with Crippen molar-refractivity contribution in [3.05, 3.63) is 58.6 Å². The number of rotatable bonds is 9. The highest BCUT2D eigenvalue weighted by atomic mass is 35.5. The molecule has 2 amide bonds. The fourth-order valence-electron chi connectivity index (χ4n) is 3.24. The van der Waals surface area contributed by atoms with Crippen LogP contribution in [0, 0.1) is 6.92 Å². The topological polar surface area (TPSA) is 54.0 Å². The minimum atomic E-state index is -0.159. The molecule has 1 aromatic heterocycles. The maximum absolute atomic E-state index is 12.1. The first-order valence-electron chi connectivity index (χ1n) is 10.5. The molecule has 0 aliphatic carbocycles. The van der Waals surface area contributed by atoms with Crippen LogP contribution in [0.4, 0.5) is 10.5 Å². The lowest BCUT2D eigenvalue weighted by Crippen LogP contribution is -2.29. The van der Waals surface area contributed by atoms with Gasteiger partial charge in [-0.05, 0) is 43.2 Å². The van der Waals surface area contributed by atoms with E-state index in [2.05, 4.69) is 17.6 Å². The highest BCUT2D eigenvalue weighted by Gasteiger charge is 2.13. The molecule has 0 aliphatic heterocycles. The Kier molecular flexibility index (Phi) is 8.29. The number of carbonyl (C=O) groups is 1. The van der Waals surface area contributed by atoms with Crippen molar-refractivity contribution in [1.82, 2.24) is 10.3 Å². The summed E-state index contributed by atoms with van der Waals surface area (Å²) in [5.74, 6) is 0. The lowest BCUT2D eigenvalue weighted by molar-refractivity contribution is 0.252. The third-order valence-corrected chi connectivity index (χ3v) is 6.09. The molecule has 4 nitrogen and oxygen atoms in total. The van der Waals surface area contributed by atoms with Crippen molar-refractivity contribution in [3.8, 4) is 21.7 Å². The summed E-state index contributed by atoms with van der Waals surface area (Å²) in [7, 11) is 0. The largest absolute Gasteiger partial charge is 0.338 e. The monoisotopic (exact) mass is 441 g/mol. The Bertz CT molecular complexity index is 952. The number of anilines is 1. The molecule has 2 aromatic carbocycles. The summed E-state index contributed by atoms with van der Waals surface area (Å²) in [6.07, 6.45) is 5.90.